The smallest absolute Gasteiger partial charge is 0.0637 e. The summed E-state index contributed by atoms with van der Waals surface area (Å²) < 4.78 is 5.67. The van der Waals surface area contributed by atoms with E-state index >= 15 is 0 Å². The van der Waals surface area contributed by atoms with Gasteiger partial charge in [-0.25, -0.2) is 0 Å². The number of rotatable bonds is 2. The average molecular weight is 241 g/mol. The molecule has 0 amide bonds. The Morgan fingerprint density at radius 3 is 2.41 bits per heavy atom. The molecule has 0 radical (unpaired) electrons. The fraction of sp³-hybridized carbons (Fsp3) is 1.00. The molecule has 0 bridgehead atoms. The van der Waals surface area contributed by atoms with Gasteiger partial charge in [-0.2, -0.15) is 0 Å². The Balaban J connectivity index is 2.00. The van der Waals surface area contributed by atoms with Crippen LogP contribution in [0.15, 0.2) is 0 Å². The lowest BCUT2D eigenvalue weighted by Crippen LogP contribution is -2.63. The number of nitrogens with zero attached hydrogens (tertiary/aromatic N) is 2. The molecule has 17 heavy (non-hydrogen) atoms. The molecule has 0 spiro atoms. The zero-order valence-electron chi connectivity index (χ0n) is 11.6. The summed E-state index contributed by atoms with van der Waals surface area (Å²) in [5.74, 6) is 0. The molecule has 0 saturated carbocycles. The minimum atomic E-state index is 0.548. The van der Waals surface area contributed by atoms with E-state index in [9.17, 15) is 0 Å². The molecule has 0 aromatic rings. The molecule has 2 aliphatic heterocycles. The quantitative estimate of drug-likeness (QED) is 0.757. The molecule has 4 nitrogen and oxygen atoms in total. The number of likely N-dealkylation sites (N-methyl/N-ethyl adjacent to an activating group) is 2. The summed E-state index contributed by atoms with van der Waals surface area (Å²) in [6, 6.07) is 2.41. The Morgan fingerprint density at radius 1 is 1.18 bits per heavy atom. The van der Waals surface area contributed by atoms with Crippen LogP contribution >= 0.6 is 0 Å². The van der Waals surface area contributed by atoms with Gasteiger partial charge in [0.05, 0.1) is 6.61 Å². The molecule has 2 saturated heterocycles. The van der Waals surface area contributed by atoms with Crippen LogP contribution in [0.4, 0.5) is 0 Å². The van der Waals surface area contributed by atoms with E-state index < -0.39 is 0 Å². The molecule has 0 aromatic carbocycles. The maximum absolute atomic E-state index is 5.67. The van der Waals surface area contributed by atoms with Gasteiger partial charge in [0.15, 0.2) is 0 Å². The highest BCUT2D eigenvalue weighted by atomic mass is 16.5. The molecular formula is C13H27N3O. The van der Waals surface area contributed by atoms with Gasteiger partial charge < -0.3 is 10.1 Å². The molecular weight excluding hydrogens is 214 g/mol. The van der Waals surface area contributed by atoms with Crippen molar-refractivity contribution in [3.8, 4) is 0 Å². The molecule has 4 atom stereocenters. The maximum atomic E-state index is 5.67. The normalized spacial score (nSPS) is 41.6. The van der Waals surface area contributed by atoms with Crippen molar-refractivity contribution in [3.05, 3.63) is 0 Å². The van der Waals surface area contributed by atoms with E-state index in [1.165, 1.54) is 0 Å². The zero-order valence-corrected chi connectivity index (χ0v) is 11.6. The summed E-state index contributed by atoms with van der Waals surface area (Å²) >= 11 is 0. The van der Waals surface area contributed by atoms with Crippen molar-refractivity contribution in [2.45, 2.75) is 44.4 Å². The number of ether oxygens (including phenoxy) is 1. The van der Waals surface area contributed by atoms with Crippen LogP contribution in [0.1, 0.15) is 20.3 Å². The van der Waals surface area contributed by atoms with Gasteiger partial charge in [0.1, 0.15) is 0 Å². The second kappa shape index (κ2) is 5.65. The zero-order chi connectivity index (χ0) is 12.4. The average Bonchev–Trinajstić information content (AvgIpc) is 2.35. The number of nitrogens with one attached hydrogen (secondary N) is 1. The van der Waals surface area contributed by atoms with Gasteiger partial charge in [-0.05, 0) is 34.4 Å². The monoisotopic (exact) mass is 241 g/mol. The molecule has 2 fully saturated rings. The van der Waals surface area contributed by atoms with Crippen molar-refractivity contribution in [1.29, 1.82) is 0 Å². The lowest BCUT2D eigenvalue weighted by Gasteiger charge is -2.48. The second-order valence-corrected chi connectivity index (χ2v) is 5.64. The van der Waals surface area contributed by atoms with Crippen LogP contribution in [-0.4, -0.2) is 74.4 Å². The third kappa shape index (κ3) is 2.81. The first-order valence-corrected chi connectivity index (χ1v) is 6.84. The molecule has 1 N–H and O–H groups in total. The van der Waals surface area contributed by atoms with Crippen LogP contribution in [0, 0.1) is 0 Å². The Bertz CT molecular complexity index is 237. The maximum Gasteiger partial charge on any atom is 0.0637 e. The van der Waals surface area contributed by atoms with Crippen molar-refractivity contribution in [2.75, 3.05) is 40.4 Å². The summed E-state index contributed by atoms with van der Waals surface area (Å²) in [5.41, 5.74) is 0. The molecule has 0 aromatic heterocycles. The minimum absolute atomic E-state index is 0.548. The summed E-state index contributed by atoms with van der Waals surface area (Å²) in [5, 5.41) is 3.46. The largest absolute Gasteiger partial charge is 0.380 e. The topological polar surface area (TPSA) is 27.7 Å². The minimum Gasteiger partial charge on any atom is -0.380 e. The molecule has 0 aliphatic carbocycles. The van der Waals surface area contributed by atoms with Crippen LogP contribution < -0.4 is 5.32 Å². The predicted octanol–water partition coefficient (Wildman–Crippen LogP) is 0.388. The van der Waals surface area contributed by atoms with E-state index in [0.29, 0.717) is 24.2 Å². The van der Waals surface area contributed by atoms with E-state index in [4.69, 9.17) is 4.74 Å². The van der Waals surface area contributed by atoms with Crippen LogP contribution in [0.25, 0.3) is 0 Å². The first-order valence-electron chi connectivity index (χ1n) is 6.84. The van der Waals surface area contributed by atoms with E-state index in [1.807, 2.05) is 0 Å². The first kappa shape index (κ1) is 13.3. The van der Waals surface area contributed by atoms with Crippen molar-refractivity contribution in [2.24, 2.45) is 0 Å². The lowest BCUT2D eigenvalue weighted by atomic mass is 9.98. The van der Waals surface area contributed by atoms with Crippen molar-refractivity contribution in [1.82, 2.24) is 15.1 Å². The lowest BCUT2D eigenvalue weighted by molar-refractivity contribution is -0.0395. The highest BCUT2D eigenvalue weighted by Crippen LogP contribution is 2.20. The molecule has 2 aliphatic rings. The highest BCUT2D eigenvalue weighted by molar-refractivity contribution is 4.92. The molecule has 100 valence electrons. The van der Waals surface area contributed by atoms with Gasteiger partial charge in [0.2, 0.25) is 0 Å². The summed E-state index contributed by atoms with van der Waals surface area (Å²) in [6.45, 7) is 8.75. The predicted molar refractivity (Wildman–Crippen MR) is 70.3 cm³/mol. The van der Waals surface area contributed by atoms with Gasteiger partial charge in [0, 0.05) is 43.9 Å². The summed E-state index contributed by atoms with van der Waals surface area (Å²) in [7, 11) is 4.31. The Morgan fingerprint density at radius 2 is 1.82 bits per heavy atom. The molecule has 4 heteroatoms. The highest BCUT2D eigenvalue weighted by Gasteiger charge is 2.35. The van der Waals surface area contributed by atoms with Gasteiger partial charge in [-0.1, -0.05) is 0 Å². The van der Waals surface area contributed by atoms with E-state index in [-0.39, 0.29) is 0 Å². The van der Waals surface area contributed by atoms with Crippen LogP contribution in [0.3, 0.4) is 0 Å². The number of piperazine rings is 1. The third-order valence-corrected chi connectivity index (χ3v) is 4.55. The number of hydrogen-bond acceptors (Lipinski definition) is 4. The molecule has 2 rings (SSSR count). The Kier molecular flexibility index (Phi) is 4.42. The van der Waals surface area contributed by atoms with Crippen LogP contribution in [0.2, 0.25) is 0 Å². The van der Waals surface area contributed by atoms with Crippen LogP contribution in [-0.2, 0) is 4.74 Å². The first-order chi connectivity index (χ1) is 8.13. The van der Waals surface area contributed by atoms with Gasteiger partial charge in [-0.15, -0.1) is 0 Å². The van der Waals surface area contributed by atoms with Crippen molar-refractivity contribution in [3.63, 3.8) is 0 Å². The third-order valence-electron chi connectivity index (χ3n) is 4.55. The second-order valence-electron chi connectivity index (χ2n) is 5.64. The van der Waals surface area contributed by atoms with E-state index in [2.05, 4.69) is 43.1 Å². The fourth-order valence-electron chi connectivity index (χ4n) is 3.14. The SMILES string of the molecule is CNC1CCOCC1N1CC(C)N(C)C(C)C1. The number of hydrogen-bond donors (Lipinski definition) is 1. The van der Waals surface area contributed by atoms with Gasteiger partial charge in [-0.3, -0.25) is 9.80 Å². The van der Waals surface area contributed by atoms with Crippen molar-refractivity contribution >= 4 is 0 Å². The summed E-state index contributed by atoms with van der Waals surface area (Å²) in [4.78, 5) is 5.10. The Labute approximate surface area is 105 Å². The Hall–Kier alpha value is -0.160. The van der Waals surface area contributed by atoms with Crippen molar-refractivity contribution < 1.29 is 4.74 Å². The molecule has 2 heterocycles. The fourth-order valence-corrected chi connectivity index (χ4v) is 3.14. The standard InChI is InChI=1S/C13H27N3O/c1-10-7-16(8-11(2)15(10)4)13-9-17-6-5-12(13)14-3/h10-14H,5-9H2,1-4H3. The van der Waals surface area contributed by atoms with E-state index in [0.717, 1.165) is 32.7 Å². The summed E-state index contributed by atoms with van der Waals surface area (Å²) in [6.07, 6.45) is 1.14. The van der Waals surface area contributed by atoms with Gasteiger partial charge in [0.25, 0.3) is 0 Å². The molecule has 4 unspecified atom stereocenters. The van der Waals surface area contributed by atoms with Crippen LogP contribution in [0.5, 0.6) is 0 Å². The van der Waals surface area contributed by atoms with Gasteiger partial charge >= 0.3 is 0 Å². The van der Waals surface area contributed by atoms with E-state index in [1.54, 1.807) is 0 Å².